The van der Waals surface area contributed by atoms with Crippen LogP contribution >= 0.6 is 0 Å². The van der Waals surface area contributed by atoms with Gasteiger partial charge in [-0.25, -0.2) is 4.98 Å². The van der Waals surface area contributed by atoms with Gasteiger partial charge >= 0.3 is 0 Å². The van der Waals surface area contributed by atoms with Crippen molar-refractivity contribution in [1.82, 2.24) is 14.7 Å². The number of aromatic nitrogens is 2. The van der Waals surface area contributed by atoms with E-state index in [1.54, 1.807) is 30.5 Å². The Morgan fingerprint density at radius 2 is 1.86 bits per heavy atom. The highest BCUT2D eigenvalue weighted by molar-refractivity contribution is 5.94. The topological polar surface area (TPSA) is 86.9 Å². The fourth-order valence-electron chi connectivity index (χ4n) is 3.02. The number of phenols is 1. The first-order valence-corrected chi connectivity index (χ1v) is 8.89. The molecule has 6 heteroatoms. The molecule has 0 aliphatic carbocycles. The summed E-state index contributed by atoms with van der Waals surface area (Å²) < 4.78 is 1.81. The molecule has 28 heavy (non-hydrogen) atoms. The molecule has 1 atom stereocenters. The van der Waals surface area contributed by atoms with Gasteiger partial charge < -0.3 is 19.9 Å². The van der Waals surface area contributed by atoms with Crippen LogP contribution in [0, 0.1) is 0 Å². The maximum absolute atomic E-state index is 12.5. The molecule has 2 aromatic heterocycles. The monoisotopic (exact) mass is 373 g/mol. The van der Waals surface area contributed by atoms with Crippen LogP contribution < -0.4 is 5.32 Å². The Bertz CT molecular complexity index is 1120. The lowest BCUT2D eigenvalue weighted by molar-refractivity contribution is 0.0916. The number of carbonyl (C=O) groups excluding carboxylic acids is 1. The molecule has 0 aliphatic heterocycles. The third-order valence-electron chi connectivity index (χ3n) is 4.49. The number of amides is 1. The summed E-state index contributed by atoms with van der Waals surface area (Å²) in [4.78, 5) is 17.0. The number of phenolic OH excluding ortho intramolecular Hbond substituents is 1. The van der Waals surface area contributed by atoms with Gasteiger partial charge in [0.05, 0.1) is 17.4 Å². The zero-order valence-electron chi connectivity index (χ0n) is 15.0. The molecule has 2 aromatic carbocycles. The molecule has 0 radical (unpaired) electrons. The first-order chi connectivity index (χ1) is 13.6. The van der Waals surface area contributed by atoms with Crippen molar-refractivity contribution in [3.63, 3.8) is 0 Å². The van der Waals surface area contributed by atoms with E-state index < -0.39 is 6.10 Å². The van der Waals surface area contributed by atoms with Crippen LogP contribution in [0.2, 0.25) is 0 Å². The number of hydrogen-bond acceptors (Lipinski definition) is 4. The fraction of sp³-hybridized carbons (Fsp3) is 0.0909. The van der Waals surface area contributed by atoms with Gasteiger partial charge in [0.25, 0.3) is 5.91 Å². The minimum absolute atomic E-state index is 0.0412. The SMILES string of the molecule is O=C(NCC(O)c1cccc(O)c1)c1ccc2nc(-c3ccccc3)cn2c1. The van der Waals surface area contributed by atoms with E-state index in [-0.39, 0.29) is 18.2 Å². The average Bonchev–Trinajstić information content (AvgIpc) is 3.16. The predicted molar refractivity (Wildman–Crippen MR) is 106 cm³/mol. The number of nitrogens with one attached hydrogen (secondary N) is 1. The number of aliphatic hydroxyl groups excluding tert-OH is 1. The van der Waals surface area contributed by atoms with E-state index in [0.717, 1.165) is 16.9 Å². The van der Waals surface area contributed by atoms with Crippen molar-refractivity contribution in [2.45, 2.75) is 6.10 Å². The van der Waals surface area contributed by atoms with E-state index in [2.05, 4.69) is 10.3 Å². The zero-order chi connectivity index (χ0) is 19.5. The summed E-state index contributed by atoms with van der Waals surface area (Å²) in [5.41, 5.74) is 3.59. The summed E-state index contributed by atoms with van der Waals surface area (Å²) >= 11 is 0. The second-order valence-corrected chi connectivity index (χ2v) is 6.50. The van der Waals surface area contributed by atoms with E-state index in [4.69, 9.17) is 0 Å². The number of aromatic hydroxyl groups is 1. The van der Waals surface area contributed by atoms with E-state index in [1.165, 1.54) is 12.1 Å². The number of hydrogen-bond donors (Lipinski definition) is 3. The largest absolute Gasteiger partial charge is 0.508 e. The highest BCUT2D eigenvalue weighted by Crippen LogP contribution is 2.20. The van der Waals surface area contributed by atoms with Crippen LogP contribution in [0.15, 0.2) is 79.1 Å². The van der Waals surface area contributed by atoms with Crippen molar-refractivity contribution in [3.8, 4) is 17.0 Å². The van der Waals surface area contributed by atoms with Crippen LogP contribution in [-0.2, 0) is 0 Å². The van der Waals surface area contributed by atoms with Crippen molar-refractivity contribution in [2.24, 2.45) is 0 Å². The van der Waals surface area contributed by atoms with Gasteiger partial charge in [-0.2, -0.15) is 0 Å². The molecule has 140 valence electrons. The lowest BCUT2D eigenvalue weighted by Crippen LogP contribution is -2.28. The maximum Gasteiger partial charge on any atom is 0.252 e. The van der Waals surface area contributed by atoms with Gasteiger partial charge in [0.1, 0.15) is 11.4 Å². The molecule has 0 fully saturated rings. The molecule has 4 aromatic rings. The molecular weight excluding hydrogens is 354 g/mol. The standard InChI is InChI=1S/C22H19N3O3/c26-18-8-4-7-16(11-18)20(27)12-23-22(28)17-9-10-21-24-19(14-25(21)13-17)15-5-2-1-3-6-15/h1-11,13-14,20,26-27H,12H2,(H,23,28). The Balaban J connectivity index is 1.48. The molecular formula is C22H19N3O3. The molecule has 2 heterocycles. The molecule has 0 bridgehead atoms. The van der Waals surface area contributed by atoms with Crippen LogP contribution in [0.5, 0.6) is 5.75 Å². The number of imidazole rings is 1. The highest BCUT2D eigenvalue weighted by atomic mass is 16.3. The molecule has 0 saturated carbocycles. The van der Waals surface area contributed by atoms with Crippen LogP contribution in [0.3, 0.4) is 0 Å². The van der Waals surface area contributed by atoms with E-state index >= 15 is 0 Å². The number of nitrogens with zero attached hydrogens (tertiary/aromatic N) is 2. The van der Waals surface area contributed by atoms with Crippen molar-refractivity contribution >= 4 is 11.6 Å². The van der Waals surface area contributed by atoms with E-state index in [1.807, 2.05) is 40.9 Å². The Morgan fingerprint density at radius 1 is 1.04 bits per heavy atom. The van der Waals surface area contributed by atoms with Gasteiger partial charge in [-0.05, 0) is 29.8 Å². The van der Waals surface area contributed by atoms with E-state index in [0.29, 0.717) is 11.1 Å². The van der Waals surface area contributed by atoms with Crippen LogP contribution in [0.25, 0.3) is 16.9 Å². The molecule has 0 aliphatic rings. The fourth-order valence-corrected chi connectivity index (χ4v) is 3.02. The number of carbonyl (C=O) groups is 1. The van der Waals surface area contributed by atoms with Crippen molar-refractivity contribution in [3.05, 3.63) is 90.3 Å². The van der Waals surface area contributed by atoms with Gasteiger partial charge in [0.2, 0.25) is 0 Å². The Kier molecular flexibility index (Phi) is 4.78. The van der Waals surface area contributed by atoms with E-state index in [9.17, 15) is 15.0 Å². The smallest absolute Gasteiger partial charge is 0.252 e. The normalized spacial score (nSPS) is 12.0. The Morgan fingerprint density at radius 3 is 2.64 bits per heavy atom. The summed E-state index contributed by atoms with van der Waals surface area (Å²) in [5, 5.41) is 22.4. The summed E-state index contributed by atoms with van der Waals surface area (Å²) in [5.74, 6) is -0.223. The van der Waals surface area contributed by atoms with Crippen LogP contribution in [0.1, 0.15) is 22.0 Å². The minimum atomic E-state index is -0.905. The average molecular weight is 373 g/mol. The number of rotatable bonds is 5. The Labute approximate surface area is 161 Å². The molecule has 4 rings (SSSR count). The summed E-state index contributed by atoms with van der Waals surface area (Å²) in [7, 11) is 0. The van der Waals surface area contributed by atoms with Gasteiger partial charge in [-0.3, -0.25) is 4.79 Å². The first-order valence-electron chi connectivity index (χ1n) is 8.89. The second kappa shape index (κ2) is 7.54. The Hall–Kier alpha value is -3.64. The third kappa shape index (κ3) is 3.72. The predicted octanol–water partition coefficient (Wildman–Crippen LogP) is 3.17. The van der Waals surface area contributed by atoms with Crippen molar-refractivity contribution < 1.29 is 15.0 Å². The van der Waals surface area contributed by atoms with Crippen molar-refractivity contribution in [1.29, 1.82) is 0 Å². The van der Waals surface area contributed by atoms with Crippen molar-refractivity contribution in [2.75, 3.05) is 6.54 Å². The lowest BCUT2D eigenvalue weighted by atomic mass is 10.1. The number of benzene rings is 2. The molecule has 1 unspecified atom stereocenters. The number of aliphatic hydroxyl groups is 1. The number of fused-ring (bicyclic) bond motifs is 1. The summed E-state index contributed by atoms with van der Waals surface area (Å²) in [6.07, 6.45) is 2.69. The molecule has 0 spiro atoms. The molecule has 3 N–H and O–H groups in total. The molecule has 1 amide bonds. The maximum atomic E-state index is 12.5. The first kappa shape index (κ1) is 17.8. The second-order valence-electron chi connectivity index (χ2n) is 6.50. The van der Waals surface area contributed by atoms with Gasteiger partial charge in [0, 0.05) is 24.5 Å². The minimum Gasteiger partial charge on any atom is -0.508 e. The summed E-state index contributed by atoms with van der Waals surface area (Å²) in [6, 6.07) is 19.7. The summed E-state index contributed by atoms with van der Waals surface area (Å²) in [6.45, 7) is 0.0412. The quantitative estimate of drug-likeness (QED) is 0.501. The van der Waals surface area contributed by atoms with Gasteiger partial charge in [-0.15, -0.1) is 0 Å². The molecule has 6 nitrogen and oxygen atoms in total. The highest BCUT2D eigenvalue weighted by Gasteiger charge is 2.13. The third-order valence-corrected chi connectivity index (χ3v) is 4.49. The van der Waals surface area contributed by atoms with Gasteiger partial charge in [0.15, 0.2) is 0 Å². The lowest BCUT2D eigenvalue weighted by Gasteiger charge is -2.12. The number of pyridine rings is 1. The van der Waals surface area contributed by atoms with Crippen LogP contribution in [-0.4, -0.2) is 32.0 Å². The molecule has 0 saturated heterocycles. The zero-order valence-corrected chi connectivity index (χ0v) is 15.0. The van der Waals surface area contributed by atoms with Gasteiger partial charge in [-0.1, -0.05) is 42.5 Å². The van der Waals surface area contributed by atoms with Crippen LogP contribution in [0.4, 0.5) is 0 Å².